The summed E-state index contributed by atoms with van der Waals surface area (Å²) in [5.41, 5.74) is 5.61. The van der Waals surface area contributed by atoms with E-state index in [0.29, 0.717) is 11.1 Å². The summed E-state index contributed by atoms with van der Waals surface area (Å²) in [5.74, 6) is -1.53. The SMILES string of the molecule is CC.CC(C)(C)OC(=O)CCC(C(N)=O)N1Cc2c(O)cccc2C1=O. The lowest BCUT2D eigenvalue weighted by molar-refractivity contribution is -0.155. The molecule has 0 radical (unpaired) electrons. The molecule has 2 rings (SSSR count). The van der Waals surface area contributed by atoms with E-state index in [1.54, 1.807) is 32.9 Å². The zero-order valence-corrected chi connectivity index (χ0v) is 16.0. The van der Waals surface area contributed by atoms with Gasteiger partial charge in [-0.05, 0) is 39.3 Å². The van der Waals surface area contributed by atoms with Crippen molar-refractivity contribution in [3.05, 3.63) is 29.3 Å². The van der Waals surface area contributed by atoms with Gasteiger partial charge in [0.1, 0.15) is 17.4 Å². The standard InChI is InChI=1S/C17H22N2O5.C2H6/c1-17(2,3)24-14(21)8-7-12(15(18)22)19-9-11-10(16(19)23)5-4-6-13(11)20;1-2/h4-6,12,20H,7-9H2,1-3H3,(H2,18,22);1-2H3. The molecule has 1 aliphatic heterocycles. The Labute approximate surface area is 154 Å². The summed E-state index contributed by atoms with van der Waals surface area (Å²) in [4.78, 5) is 37.4. The lowest BCUT2D eigenvalue weighted by atomic mass is 10.1. The molecule has 1 unspecified atom stereocenters. The van der Waals surface area contributed by atoms with Crippen LogP contribution < -0.4 is 5.73 Å². The number of hydrogen-bond donors (Lipinski definition) is 2. The fourth-order valence-corrected chi connectivity index (χ4v) is 2.69. The van der Waals surface area contributed by atoms with Crippen LogP contribution in [0.15, 0.2) is 18.2 Å². The predicted octanol–water partition coefficient (Wildman–Crippen LogP) is 2.35. The highest BCUT2D eigenvalue weighted by molar-refractivity contribution is 6.01. The molecule has 1 aromatic rings. The van der Waals surface area contributed by atoms with Crippen LogP contribution in [-0.2, 0) is 20.9 Å². The van der Waals surface area contributed by atoms with Crippen LogP contribution >= 0.6 is 0 Å². The van der Waals surface area contributed by atoms with E-state index in [-0.39, 0.29) is 31.0 Å². The summed E-state index contributed by atoms with van der Waals surface area (Å²) in [5, 5.41) is 9.86. The molecule has 0 saturated carbocycles. The molecule has 26 heavy (non-hydrogen) atoms. The molecule has 1 atom stereocenters. The van der Waals surface area contributed by atoms with Crippen molar-refractivity contribution in [1.82, 2.24) is 4.90 Å². The van der Waals surface area contributed by atoms with Crippen LogP contribution in [0.5, 0.6) is 5.75 Å². The Balaban J connectivity index is 0.00000163. The number of ether oxygens (including phenoxy) is 1. The first-order chi connectivity index (χ1) is 12.1. The van der Waals surface area contributed by atoms with E-state index in [4.69, 9.17) is 10.5 Å². The number of hydrogen-bond acceptors (Lipinski definition) is 5. The second kappa shape index (κ2) is 8.69. The van der Waals surface area contributed by atoms with Gasteiger partial charge in [0, 0.05) is 17.5 Å². The third kappa shape index (κ3) is 5.21. The highest BCUT2D eigenvalue weighted by Crippen LogP contribution is 2.32. The molecule has 0 aromatic heterocycles. The van der Waals surface area contributed by atoms with E-state index in [1.807, 2.05) is 13.8 Å². The van der Waals surface area contributed by atoms with Crippen LogP contribution in [0, 0.1) is 0 Å². The number of nitrogens with zero attached hydrogens (tertiary/aromatic N) is 1. The number of nitrogens with two attached hydrogens (primary N) is 1. The number of phenolic OH excluding ortho intramolecular Hbond substituents is 1. The lowest BCUT2D eigenvalue weighted by Gasteiger charge is -2.25. The predicted molar refractivity (Wildman–Crippen MR) is 97.4 cm³/mol. The quantitative estimate of drug-likeness (QED) is 0.779. The Kier molecular flexibility index (Phi) is 7.18. The third-order valence-corrected chi connectivity index (χ3v) is 3.72. The average molecular weight is 364 g/mol. The van der Waals surface area contributed by atoms with Crippen LogP contribution in [0.2, 0.25) is 0 Å². The van der Waals surface area contributed by atoms with E-state index in [1.165, 1.54) is 11.0 Å². The van der Waals surface area contributed by atoms with Crippen molar-refractivity contribution in [2.24, 2.45) is 5.73 Å². The van der Waals surface area contributed by atoms with Crippen molar-refractivity contribution in [3.8, 4) is 5.75 Å². The van der Waals surface area contributed by atoms with Gasteiger partial charge in [-0.1, -0.05) is 19.9 Å². The molecule has 0 fully saturated rings. The maximum absolute atomic E-state index is 12.5. The van der Waals surface area contributed by atoms with Gasteiger partial charge in [0.2, 0.25) is 5.91 Å². The molecule has 7 heteroatoms. The summed E-state index contributed by atoms with van der Waals surface area (Å²) in [6.07, 6.45) is 0.0434. The number of fused-ring (bicyclic) bond motifs is 1. The largest absolute Gasteiger partial charge is 0.508 e. The maximum atomic E-state index is 12.5. The summed E-state index contributed by atoms with van der Waals surface area (Å²) in [6, 6.07) is 3.70. The monoisotopic (exact) mass is 364 g/mol. The van der Waals surface area contributed by atoms with Gasteiger partial charge in [0.15, 0.2) is 0 Å². The smallest absolute Gasteiger partial charge is 0.306 e. The van der Waals surface area contributed by atoms with E-state index in [9.17, 15) is 19.5 Å². The van der Waals surface area contributed by atoms with E-state index in [2.05, 4.69) is 0 Å². The first-order valence-corrected chi connectivity index (χ1v) is 8.73. The normalized spacial score (nSPS) is 14.2. The summed E-state index contributed by atoms with van der Waals surface area (Å²) >= 11 is 0. The van der Waals surface area contributed by atoms with Crippen LogP contribution in [0.4, 0.5) is 0 Å². The minimum atomic E-state index is -0.934. The van der Waals surface area contributed by atoms with Crippen LogP contribution in [0.3, 0.4) is 0 Å². The van der Waals surface area contributed by atoms with E-state index < -0.39 is 23.5 Å². The van der Waals surface area contributed by atoms with Crippen molar-refractivity contribution in [1.29, 1.82) is 0 Å². The first-order valence-electron chi connectivity index (χ1n) is 8.73. The maximum Gasteiger partial charge on any atom is 0.306 e. The minimum Gasteiger partial charge on any atom is -0.508 e. The Hall–Kier alpha value is -2.57. The van der Waals surface area contributed by atoms with E-state index in [0.717, 1.165) is 0 Å². The number of rotatable bonds is 5. The summed E-state index contributed by atoms with van der Waals surface area (Å²) < 4.78 is 5.20. The van der Waals surface area contributed by atoms with Crippen molar-refractivity contribution < 1.29 is 24.2 Å². The molecule has 7 nitrogen and oxygen atoms in total. The van der Waals surface area contributed by atoms with Crippen LogP contribution in [-0.4, -0.2) is 39.4 Å². The van der Waals surface area contributed by atoms with Crippen molar-refractivity contribution in [3.63, 3.8) is 0 Å². The highest BCUT2D eigenvalue weighted by Gasteiger charge is 2.37. The highest BCUT2D eigenvalue weighted by atomic mass is 16.6. The number of phenols is 1. The fourth-order valence-electron chi connectivity index (χ4n) is 2.69. The molecule has 0 bridgehead atoms. The van der Waals surface area contributed by atoms with Gasteiger partial charge in [-0.15, -0.1) is 0 Å². The zero-order chi connectivity index (χ0) is 20.1. The molecule has 3 N–H and O–H groups in total. The van der Waals surface area contributed by atoms with Gasteiger partial charge in [0.05, 0.1) is 6.54 Å². The van der Waals surface area contributed by atoms with Crippen LogP contribution in [0.25, 0.3) is 0 Å². The van der Waals surface area contributed by atoms with Crippen LogP contribution in [0.1, 0.15) is 63.4 Å². The molecular weight excluding hydrogens is 336 g/mol. The Morgan fingerprint density at radius 1 is 1.31 bits per heavy atom. The first kappa shape index (κ1) is 21.5. The summed E-state index contributed by atoms with van der Waals surface area (Å²) in [7, 11) is 0. The Morgan fingerprint density at radius 3 is 2.42 bits per heavy atom. The molecule has 1 aliphatic rings. The molecule has 2 amide bonds. The number of benzene rings is 1. The van der Waals surface area contributed by atoms with Crippen molar-refractivity contribution in [2.75, 3.05) is 0 Å². The van der Waals surface area contributed by atoms with Gasteiger partial charge in [-0.3, -0.25) is 14.4 Å². The number of carbonyl (C=O) groups is 3. The Bertz CT molecular complexity index is 679. The van der Waals surface area contributed by atoms with Crippen molar-refractivity contribution in [2.45, 2.75) is 65.6 Å². The summed E-state index contributed by atoms with van der Waals surface area (Å²) in [6.45, 7) is 9.34. The molecule has 0 saturated heterocycles. The number of primary amides is 1. The molecule has 144 valence electrons. The third-order valence-electron chi connectivity index (χ3n) is 3.72. The number of carbonyl (C=O) groups excluding carboxylic acids is 3. The van der Waals surface area contributed by atoms with Crippen molar-refractivity contribution >= 4 is 17.8 Å². The van der Waals surface area contributed by atoms with Gasteiger partial charge in [0.25, 0.3) is 5.91 Å². The minimum absolute atomic E-state index is 0.00119. The number of amides is 2. The second-order valence-electron chi connectivity index (χ2n) is 6.78. The molecule has 0 aliphatic carbocycles. The average Bonchev–Trinajstić information content (AvgIpc) is 2.86. The topological polar surface area (TPSA) is 110 Å². The molecule has 1 heterocycles. The second-order valence-corrected chi connectivity index (χ2v) is 6.78. The van der Waals surface area contributed by atoms with Gasteiger partial charge in [-0.25, -0.2) is 0 Å². The van der Waals surface area contributed by atoms with Gasteiger partial charge in [-0.2, -0.15) is 0 Å². The van der Waals surface area contributed by atoms with Gasteiger partial charge < -0.3 is 20.5 Å². The number of esters is 1. The zero-order valence-electron chi connectivity index (χ0n) is 16.0. The van der Waals surface area contributed by atoms with Gasteiger partial charge >= 0.3 is 5.97 Å². The molecule has 0 spiro atoms. The Morgan fingerprint density at radius 2 is 1.92 bits per heavy atom. The lowest BCUT2D eigenvalue weighted by Crippen LogP contribution is -2.45. The fraction of sp³-hybridized carbons (Fsp3) is 0.526. The number of aromatic hydroxyl groups is 1. The molecule has 1 aromatic carbocycles. The molecular formula is C19H28N2O5. The van der Waals surface area contributed by atoms with E-state index >= 15 is 0 Å².